The second-order valence-corrected chi connectivity index (χ2v) is 5.09. The lowest BCUT2D eigenvalue weighted by Gasteiger charge is -2.28. The maximum atomic E-state index is 12.2. The molecule has 3 N–H and O–H groups in total. The molecule has 2 atom stereocenters. The van der Waals surface area contributed by atoms with E-state index in [4.69, 9.17) is 5.11 Å². The molecular formula is C12H20N2O3. The van der Waals surface area contributed by atoms with Crippen LogP contribution in [0.25, 0.3) is 0 Å². The van der Waals surface area contributed by atoms with Gasteiger partial charge in [-0.3, -0.25) is 4.79 Å². The van der Waals surface area contributed by atoms with E-state index < -0.39 is 17.6 Å². The summed E-state index contributed by atoms with van der Waals surface area (Å²) in [6, 6.07) is -0.701. The van der Waals surface area contributed by atoms with Gasteiger partial charge in [-0.1, -0.05) is 6.92 Å². The number of carbonyl (C=O) groups is 2. The maximum absolute atomic E-state index is 12.2. The van der Waals surface area contributed by atoms with Crippen LogP contribution in [0.3, 0.4) is 0 Å². The van der Waals surface area contributed by atoms with Crippen molar-refractivity contribution in [2.24, 2.45) is 5.92 Å². The summed E-state index contributed by atoms with van der Waals surface area (Å²) in [5, 5.41) is 15.0. The molecule has 2 unspecified atom stereocenters. The number of rotatable bonds is 5. The summed E-state index contributed by atoms with van der Waals surface area (Å²) in [7, 11) is 0. The first kappa shape index (κ1) is 12.4. The molecule has 1 aliphatic carbocycles. The number of aliphatic carboxylic acids is 1. The molecule has 17 heavy (non-hydrogen) atoms. The van der Waals surface area contributed by atoms with Crippen LogP contribution in [0, 0.1) is 5.92 Å². The minimum atomic E-state index is -0.912. The van der Waals surface area contributed by atoms with Crippen LogP contribution in [0.15, 0.2) is 0 Å². The van der Waals surface area contributed by atoms with Gasteiger partial charge in [0.25, 0.3) is 0 Å². The summed E-state index contributed by atoms with van der Waals surface area (Å²) in [6.07, 6.45) is 4.29. The maximum Gasteiger partial charge on any atom is 0.326 e. The Morgan fingerprint density at radius 3 is 2.65 bits per heavy atom. The van der Waals surface area contributed by atoms with Crippen LogP contribution in [0.2, 0.25) is 0 Å². The zero-order chi connectivity index (χ0) is 12.5. The van der Waals surface area contributed by atoms with Crippen molar-refractivity contribution in [3.8, 4) is 0 Å². The van der Waals surface area contributed by atoms with Gasteiger partial charge in [-0.15, -0.1) is 0 Å². The first-order valence-corrected chi connectivity index (χ1v) is 6.38. The van der Waals surface area contributed by atoms with Gasteiger partial charge in [0.1, 0.15) is 6.04 Å². The van der Waals surface area contributed by atoms with Gasteiger partial charge >= 0.3 is 5.97 Å². The van der Waals surface area contributed by atoms with Crippen molar-refractivity contribution in [1.82, 2.24) is 10.6 Å². The number of nitrogens with one attached hydrogen (secondary N) is 2. The molecule has 5 heteroatoms. The molecular weight excluding hydrogens is 220 g/mol. The summed E-state index contributed by atoms with van der Waals surface area (Å²) in [6.45, 7) is 2.80. The van der Waals surface area contributed by atoms with Crippen molar-refractivity contribution < 1.29 is 14.7 Å². The first-order valence-electron chi connectivity index (χ1n) is 6.38. The summed E-state index contributed by atoms with van der Waals surface area (Å²) >= 11 is 0. The van der Waals surface area contributed by atoms with E-state index >= 15 is 0 Å². The Balaban J connectivity index is 2.01. The summed E-state index contributed by atoms with van der Waals surface area (Å²) in [4.78, 5) is 23.3. The average Bonchev–Trinajstić information content (AvgIpc) is 3.02. The molecule has 96 valence electrons. The Kier molecular flexibility index (Phi) is 3.38. The fourth-order valence-electron chi connectivity index (χ4n) is 2.55. The van der Waals surface area contributed by atoms with E-state index in [0.717, 1.165) is 32.2 Å². The lowest BCUT2D eigenvalue weighted by Crippen LogP contribution is -2.57. The zero-order valence-electron chi connectivity index (χ0n) is 10.2. The number of hydrogen-bond donors (Lipinski definition) is 3. The second-order valence-electron chi connectivity index (χ2n) is 5.09. The normalized spacial score (nSPS) is 29.9. The highest BCUT2D eigenvalue weighted by Gasteiger charge is 2.44. The molecule has 0 radical (unpaired) electrons. The van der Waals surface area contributed by atoms with Crippen LogP contribution in [0.5, 0.6) is 0 Å². The predicted molar refractivity (Wildman–Crippen MR) is 62.5 cm³/mol. The molecule has 1 aliphatic heterocycles. The highest BCUT2D eigenvalue weighted by atomic mass is 16.4. The Morgan fingerprint density at radius 2 is 2.24 bits per heavy atom. The molecule has 2 rings (SSSR count). The van der Waals surface area contributed by atoms with Gasteiger partial charge < -0.3 is 15.7 Å². The molecule has 0 bridgehead atoms. The Hall–Kier alpha value is -1.10. The van der Waals surface area contributed by atoms with E-state index in [1.165, 1.54) is 0 Å². The topological polar surface area (TPSA) is 78.4 Å². The second kappa shape index (κ2) is 4.64. The minimum absolute atomic E-state index is 0.131. The molecule has 1 saturated carbocycles. The minimum Gasteiger partial charge on any atom is -0.480 e. The van der Waals surface area contributed by atoms with Crippen LogP contribution in [0.4, 0.5) is 0 Å². The highest BCUT2D eigenvalue weighted by Crippen LogP contribution is 2.33. The molecule has 0 aromatic heterocycles. The monoisotopic (exact) mass is 240 g/mol. The zero-order valence-corrected chi connectivity index (χ0v) is 10.2. The molecule has 0 spiro atoms. The largest absolute Gasteiger partial charge is 0.480 e. The molecule has 1 heterocycles. The van der Waals surface area contributed by atoms with E-state index in [1.807, 2.05) is 6.92 Å². The highest BCUT2D eigenvalue weighted by molar-refractivity contribution is 5.90. The van der Waals surface area contributed by atoms with Crippen molar-refractivity contribution in [3.05, 3.63) is 0 Å². The third-order valence-electron chi connectivity index (χ3n) is 3.93. The Labute approximate surface area is 101 Å². The van der Waals surface area contributed by atoms with Gasteiger partial charge in [-0.2, -0.15) is 0 Å². The fraction of sp³-hybridized carbons (Fsp3) is 0.833. The fourth-order valence-corrected chi connectivity index (χ4v) is 2.55. The summed E-state index contributed by atoms with van der Waals surface area (Å²) < 4.78 is 0. The lowest BCUT2D eigenvalue weighted by atomic mass is 9.92. The van der Waals surface area contributed by atoms with Gasteiger partial charge in [0.05, 0.1) is 5.54 Å². The summed E-state index contributed by atoms with van der Waals surface area (Å²) in [5.41, 5.74) is -0.539. The van der Waals surface area contributed by atoms with Crippen LogP contribution in [-0.2, 0) is 9.59 Å². The molecule has 0 aromatic rings. The van der Waals surface area contributed by atoms with E-state index in [1.54, 1.807) is 0 Å². The average molecular weight is 240 g/mol. The van der Waals surface area contributed by atoms with E-state index in [9.17, 15) is 9.59 Å². The molecule has 2 aliphatic rings. The van der Waals surface area contributed by atoms with Gasteiger partial charge in [-0.25, -0.2) is 4.79 Å². The SMILES string of the molecule is CCC1(C(=O)NC(C(=O)O)C2CC2)CCCN1. The quantitative estimate of drug-likeness (QED) is 0.654. The Morgan fingerprint density at radius 1 is 1.53 bits per heavy atom. The molecule has 5 nitrogen and oxygen atoms in total. The third-order valence-corrected chi connectivity index (χ3v) is 3.93. The number of hydrogen-bond acceptors (Lipinski definition) is 3. The number of amides is 1. The molecule has 1 saturated heterocycles. The first-order chi connectivity index (χ1) is 8.09. The lowest BCUT2D eigenvalue weighted by molar-refractivity contribution is -0.143. The standard InChI is InChI=1S/C12H20N2O3/c1-2-12(6-3-7-13-12)11(17)14-9(10(15)16)8-4-5-8/h8-9,13H,2-7H2,1H3,(H,14,17)(H,15,16). The summed E-state index contributed by atoms with van der Waals surface area (Å²) in [5.74, 6) is -0.923. The van der Waals surface area contributed by atoms with Crippen LogP contribution >= 0.6 is 0 Å². The van der Waals surface area contributed by atoms with Crippen LogP contribution in [0.1, 0.15) is 39.0 Å². The Bertz CT molecular complexity index is 320. The van der Waals surface area contributed by atoms with E-state index in [-0.39, 0.29) is 11.8 Å². The number of carboxylic acids is 1. The van der Waals surface area contributed by atoms with Crippen molar-refractivity contribution in [2.75, 3.05) is 6.54 Å². The van der Waals surface area contributed by atoms with Gasteiger partial charge in [-0.05, 0) is 44.6 Å². The molecule has 2 fully saturated rings. The number of carbonyl (C=O) groups excluding carboxylic acids is 1. The van der Waals surface area contributed by atoms with Crippen molar-refractivity contribution >= 4 is 11.9 Å². The van der Waals surface area contributed by atoms with Crippen molar-refractivity contribution in [3.63, 3.8) is 0 Å². The van der Waals surface area contributed by atoms with Crippen LogP contribution in [-0.4, -0.2) is 35.1 Å². The molecule has 1 amide bonds. The third kappa shape index (κ3) is 2.44. The molecule has 0 aromatic carbocycles. The van der Waals surface area contributed by atoms with E-state index in [2.05, 4.69) is 10.6 Å². The van der Waals surface area contributed by atoms with Crippen molar-refractivity contribution in [2.45, 2.75) is 50.6 Å². The van der Waals surface area contributed by atoms with Gasteiger partial charge in [0, 0.05) is 0 Å². The van der Waals surface area contributed by atoms with E-state index in [0.29, 0.717) is 6.42 Å². The smallest absolute Gasteiger partial charge is 0.326 e. The predicted octanol–water partition coefficient (Wildman–Crippen LogP) is 0.498. The van der Waals surface area contributed by atoms with Gasteiger partial charge in [0.15, 0.2) is 0 Å². The number of carboxylic acid groups (broad SMARTS) is 1. The van der Waals surface area contributed by atoms with Crippen LogP contribution < -0.4 is 10.6 Å². The van der Waals surface area contributed by atoms with Crippen molar-refractivity contribution in [1.29, 1.82) is 0 Å². The van der Waals surface area contributed by atoms with Gasteiger partial charge in [0.2, 0.25) is 5.91 Å².